The van der Waals surface area contributed by atoms with Gasteiger partial charge in [0.2, 0.25) is 0 Å². The highest BCUT2D eigenvalue weighted by molar-refractivity contribution is 14.1. The molecule has 3 aromatic carbocycles. The van der Waals surface area contributed by atoms with Crippen LogP contribution in [0.4, 0.5) is 11.4 Å². The van der Waals surface area contributed by atoms with Gasteiger partial charge in [-0.2, -0.15) is 0 Å². The van der Waals surface area contributed by atoms with Crippen LogP contribution < -0.4 is 14.8 Å². The molecule has 2 aliphatic rings. The minimum absolute atomic E-state index is 0.293. The zero-order valence-electron chi connectivity index (χ0n) is 19.1. The van der Waals surface area contributed by atoms with Crippen molar-refractivity contribution in [2.45, 2.75) is 18.4 Å². The summed E-state index contributed by atoms with van der Waals surface area (Å²) in [4.78, 5) is 4.70. The predicted molar refractivity (Wildman–Crippen MR) is 148 cm³/mol. The van der Waals surface area contributed by atoms with E-state index in [2.05, 4.69) is 95.2 Å². The van der Waals surface area contributed by atoms with Crippen molar-refractivity contribution < 1.29 is 9.47 Å². The van der Waals surface area contributed by atoms with Crippen LogP contribution in [0.15, 0.2) is 90.5 Å². The van der Waals surface area contributed by atoms with Gasteiger partial charge in [-0.15, -0.1) is 0 Å². The van der Waals surface area contributed by atoms with E-state index in [1.165, 1.54) is 16.8 Å². The van der Waals surface area contributed by atoms with Gasteiger partial charge in [0.25, 0.3) is 0 Å². The molecular weight excluding hydrogens is 535 g/mol. The molecule has 0 spiro atoms. The number of ether oxygens (including phenoxy) is 2. The summed E-state index contributed by atoms with van der Waals surface area (Å²) in [7, 11) is 1.65. The smallest absolute Gasteiger partial charge is 0.174 e. The average molecular weight is 562 g/mol. The number of hydrogen-bond donors (Lipinski definition) is 1. The first-order chi connectivity index (χ1) is 16.7. The molecular formula is C29H27IN2O2. The Balaban J connectivity index is 1.34. The molecule has 0 fully saturated rings. The molecule has 4 nitrogen and oxygen atoms in total. The fourth-order valence-electron chi connectivity index (χ4n) is 4.89. The van der Waals surface area contributed by atoms with E-state index in [0.29, 0.717) is 30.2 Å². The quantitative estimate of drug-likeness (QED) is 0.185. The summed E-state index contributed by atoms with van der Waals surface area (Å²) in [6, 6.07) is 21.5. The molecule has 1 aliphatic heterocycles. The number of halogens is 1. The second-order valence-corrected chi connectivity index (χ2v) is 9.71. The Morgan fingerprint density at radius 1 is 1.15 bits per heavy atom. The number of nitrogens with one attached hydrogen (secondary N) is 1. The Hall–Kier alpha value is -3.06. The summed E-state index contributed by atoms with van der Waals surface area (Å²) in [5.74, 6) is 2.44. The molecule has 5 heteroatoms. The van der Waals surface area contributed by atoms with Crippen molar-refractivity contribution in [3.63, 3.8) is 0 Å². The average Bonchev–Trinajstić information content (AvgIpc) is 3.37. The first-order valence-corrected chi connectivity index (χ1v) is 12.5. The molecule has 0 saturated heterocycles. The molecule has 172 valence electrons. The molecule has 34 heavy (non-hydrogen) atoms. The zero-order chi connectivity index (χ0) is 23.5. The first-order valence-electron chi connectivity index (χ1n) is 11.5. The molecule has 5 rings (SSSR count). The number of benzene rings is 3. The zero-order valence-corrected chi connectivity index (χ0v) is 21.2. The molecule has 1 aliphatic carbocycles. The van der Waals surface area contributed by atoms with Crippen LogP contribution in [0.1, 0.15) is 35.1 Å². The maximum absolute atomic E-state index is 5.74. The third-order valence-electron chi connectivity index (χ3n) is 6.48. The molecule has 0 saturated carbocycles. The molecule has 0 aromatic heterocycles. The largest absolute Gasteiger partial charge is 0.493 e. The Bertz CT molecular complexity index is 1250. The van der Waals surface area contributed by atoms with E-state index in [-0.39, 0.29) is 0 Å². The van der Waals surface area contributed by atoms with Crippen LogP contribution in [-0.4, -0.2) is 19.9 Å². The van der Waals surface area contributed by atoms with Crippen LogP contribution in [-0.2, 0) is 0 Å². The molecule has 3 atom stereocenters. The maximum atomic E-state index is 5.74. The molecule has 1 N–H and O–H groups in total. The lowest BCUT2D eigenvalue weighted by atomic mass is 9.77. The van der Waals surface area contributed by atoms with Crippen molar-refractivity contribution in [2.75, 3.05) is 19.0 Å². The van der Waals surface area contributed by atoms with E-state index >= 15 is 0 Å². The standard InChI is InChI=1S/C29H27IN2O2/c1-3-15-34-29-25(30)16-19(17-27(29)33-2)18-31-21-13-11-20(12-14-21)28-24-9-6-8-22(24)23-7-4-5-10-26(23)32-28/h3-8,10-14,16-18,22,24,28,32H,1,9,15H2,2H3/t22-,24+,28+/m1/s1. The number of hydrogen-bond acceptors (Lipinski definition) is 4. The van der Waals surface area contributed by atoms with Crippen molar-refractivity contribution in [3.05, 3.63) is 106 Å². The van der Waals surface area contributed by atoms with Crippen molar-refractivity contribution in [2.24, 2.45) is 10.9 Å². The van der Waals surface area contributed by atoms with Crippen LogP contribution >= 0.6 is 22.6 Å². The van der Waals surface area contributed by atoms with Gasteiger partial charge >= 0.3 is 0 Å². The van der Waals surface area contributed by atoms with Crippen molar-refractivity contribution in [3.8, 4) is 11.5 Å². The predicted octanol–water partition coefficient (Wildman–Crippen LogP) is 7.44. The van der Waals surface area contributed by atoms with E-state index in [4.69, 9.17) is 14.5 Å². The highest BCUT2D eigenvalue weighted by atomic mass is 127. The normalized spacial score (nSPS) is 20.5. The van der Waals surface area contributed by atoms with Crippen LogP contribution in [0.3, 0.4) is 0 Å². The van der Waals surface area contributed by atoms with Crippen molar-refractivity contribution in [1.82, 2.24) is 0 Å². The highest BCUT2D eigenvalue weighted by Gasteiger charge is 2.37. The van der Waals surface area contributed by atoms with Gasteiger partial charge in [-0.25, -0.2) is 0 Å². The Labute approximate surface area is 214 Å². The Morgan fingerprint density at radius 3 is 2.76 bits per heavy atom. The van der Waals surface area contributed by atoms with E-state index in [1.54, 1.807) is 13.2 Å². The van der Waals surface area contributed by atoms with Crippen molar-refractivity contribution >= 4 is 40.2 Å². The summed E-state index contributed by atoms with van der Waals surface area (Å²) < 4.78 is 12.2. The van der Waals surface area contributed by atoms with Crippen molar-refractivity contribution in [1.29, 1.82) is 0 Å². The number of para-hydroxylation sites is 1. The fraction of sp³-hybridized carbons (Fsp3) is 0.207. The second-order valence-electron chi connectivity index (χ2n) is 8.55. The lowest BCUT2D eigenvalue weighted by molar-refractivity contribution is 0.324. The lowest BCUT2D eigenvalue weighted by Crippen LogP contribution is -2.28. The van der Waals surface area contributed by atoms with Gasteiger partial charge in [-0.1, -0.05) is 55.1 Å². The number of allylic oxidation sites excluding steroid dienone is 2. The van der Waals surface area contributed by atoms with Crippen LogP contribution in [0, 0.1) is 9.49 Å². The number of rotatable bonds is 7. The molecule has 0 unspecified atom stereocenters. The minimum Gasteiger partial charge on any atom is -0.493 e. The first kappa shape index (κ1) is 22.7. The summed E-state index contributed by atoms with van der Waals surface area (Å²) in [5.41, 5.74) is 5.83. The topological polar surface area (TPSA) is 42.8 Å². The van der Waals surface area contributed by atoms with Gasteiger partial charge < -0.3 is 14.8 Å². The monoisotopic (exact) mass is 562 g/mol. The third kappa shape index (κ3) is 4.49. The van der Waals surface area contributed by atoms with Crippen LogP contribution in [0.2, 0.25) is 0 Å². The van der Waals surface area contributed by atoms with Gasteiger partial charge in [0, 0.05) is 17.8 Å². The SMILES string of the molecule is C=CCOc1c(I)cc(C=Nc2ccc([C@@H]3Nc4ccccc4[C@H]4C=CC[C@@H]43)cc2)cc1OC. The number of aliphatic imine (C=N–C) groups is 1. The Morgan fingerprint density at radius 2 is 1.97 bits per heavy atom. The fourth-order valence-corrected chi connectivity index (χ4v) is 5.67. The number of fused-ring (bicyclic) bond motifs is 3. The van der Waals surface area contributed by atoms with E-state index in [9.17, 15) is 0 Å². The number of nitrogens with zero attached hydrogens (tertiary/aromatic N) is 1. The highest BCUT2D eigenvalue weighted by Crippen LogP contribution is 2.49. The number of methoxy groups -OCH3 is 1. The van der Waals surface area contributed by atoms with E-state index < -0.39 is 0 Å². The van der Waals surface area contributed by atoms with Gasteiger partial charge in [-0.3, -0.25) is 4.99 Å². The maximum Gasteiger partial charge on any atom is 0.174 e. The molecule has 0 radical (unpaired) electrons. The van der Waals surface area contributed by atoms with Gasteiger partial charge in [0.05, 0.1) is 22.4 Å². The Kier molecular flexibility index (Phi) is 6.72. The van der Waals surface area contributed by atoms with Gasteiger partial charge in [0.1, 0.15) is 6.61 Å². The summed E-state index contributed by atoms with van der Waals surface area (Å²) in [6.07, 6.45) is 9.39. The van der Waals surface area contributed by atoms with Gasteiger partial charge in [-0.05, 0) is 82.0 Å². The molecule has 1 heterocycles. The van der Waals surface area contributed by atoms with Gasteiger partial charge in [0.15, 0.2) is 11.5 Å². The molecule has 3 aromatic rings. The lowest BCUT2D eigenvalue weighted by Gasteiger charge is -2.37. The minimum atomic E-state index is 0.293. The summed E-state index contributed by atoms with van der Waals surface area (Å²) >= 11 is 2.26. The summed E-state index contributed by atoms with van der Waals surface area (Å²) in [6.45, 7) is 4.14. The number of anilines is 1. The van der Waals surface area contributed by atoms with E-state index in [0.717, 1.165) is 27.0 Å². The van der Waals surface area contributed by atoms with Crippen LogP contribution in [0.5, 0.6) is 11.5 Å². The second kappa shape index (κ2) is 10.1. The summed E-state index contributed by atoms with van der Waals surface area (Å²) in [5, 5.41) is 3.79. The molecule has 0 bridgehead atoms. The molecule has 0 amide bonds. The third-order valence-corrected chi connectivity index (χ3v) is 7.29. The van der Waals surface area contributed by atoms with E-state index in [1.807, 2.05) is 18.3 Å². The van der Waals surface area contributed by atoms with Crippen LogP contribution in [0.25, 0.3) is 0 Å².